The number of hydrogen-bond donors (Lipinski definition) is 1. The van der Waals surface area contributed by atoms with Crippen LogP contribution in [0.15, 0.2) is 48.7 Å². The first-order valence-corrected chi connectivity index (χ1v) is 6.24. The van der Waals surface area contributed by atoms with Gasteiger partial charge < -0.3 is 5.32 Å². The lowest BCUT2D eigenvalue weighted by Crippen LogP contribution is -2.18. The van der Waals surface area contributed by atoms with E-state index in [9.17, 15) is 4.39 Å². The summed E-state index contributed by atoms with van der Waals surface area (Å²) in [6.45, 7) is 0.975. The quantitative estimate of drug-likeness (QED) is 0.875. The number of rotatable bonds is 2. The van der Waals surface area contributed by atoms with E-state index in [2.05, 4.69) is 10.3 Å². The van der Waals surface area contributed by atoms with Gasteiger partial charge in [0.2, 0.25) is 0 Å². The Hall–Kier alpha value is -1.74. The number of pyridine rings is 1. The Morgan fingerprint density at radius 2 is 1.94 bits per heavy atom. The minimum atomic E-state index is -0.181. The average Bonchev–Trinajstić information content (AvgIpc) is 2.90. The van der Waals surface area contributed by atoms with Crippen LogP contribution in [0.1, 0.15) is 29.6 Å². The predicted molar refractivity (Wildman–Crippen MR) is 68.7 cm³/mol. The lowest BCUT2D eigenvalue weighted by atomic mass is 9.90. The molecular formula is C15H15FN2. The average molecular weight is 242 g/mol. The highest BCUT2D eigenvalue weighted by atomic mass is 19.1. The monoisotopic (exact) mass is 242 g/mol. The Bertz CT molecular complexity index is 510. The van der Waals surface area contributed by atoms with Crippen molar-refractivity contribution in [2.75, 3.05) is 6.54 Å². The molecule has 1 aliphatic rings. The summed E-state index contributed by atoms with van der Waals surface area (Å²) in [4.78, 5) is 4.42. The maximum atomic E-state index is 13.0. The van der Waals surface area contributed by atoms with Crippen LogP contribution in [0.3, 0.4) is 0 Å². The van der Waals surface area contributed by atoms with Gasteiger partial charge in [0.1, 0.15) is 5.82 Å². The topological polar surface area (TPSA) is 24.9 Å². The lowest BCUT2D eigenvalue weighted by Gasteiger charge is -2.19. The SMILES string of the molecule is Fc1ccc([C@H]2CCN[C@H]2c2ccccn2)cc1. The number of hydrogen-bond acceptors (Lipinski definition) is 2. The summed E-state index contributed by atoms with van der Waals surface area (Å²) in [5.74, 6) is 0.194. The summed E-state index contributed by atoms with van der Waals surface area (Å²) in [7, 11) is 0. The fourth-order valence-corrected chi connectivity index (χ4v) is 2.64. The second kappa shape index (κ2) is 4.86. The molecule has 1 fully saturated rings. The lowest BCUT2D eigenvalue weighted by molar-refractivity contribution is 0.560. The van der Waals surface area contributed by atoms with Crippen molar-refractivity contribution < 1.29 is 4.39 Å². The molecule has 2 aromatic rings. The van der Waals surface area contributed by atoms with E-state index in [-0.39, 0.29) is 11.9 Å². The molecule has 0 aliphatic carbocycles. The molecule has 18 heavy (non-hydrogen) atoms. The molecule has 0 unspecified atom stereocenters. The van der Waals surface area contributed by atoms with Gasteiger partial charge in [-0.2, -0.15) is 0 Å². The van der Waals surface area contributed by atoms with E-state index < -0.39 is 0 Å². The van der Waals surface area contributed by atoms with Gasteiger partial charge in [0.05, 0.1) is 11.7 Å². The van der Waals surface area contributed by atoms with E-state index in [1.54, 1.807) is 0 Å². The van der Waals surface area contributed by atoms with Crippen molar-refractivity contribution in [3.8, 4) is 0 Å². The molecule has 0 bridgehead atoms. The van der Waals surface area contributed by atoms with E-state index >= 15 is 0 Å². The molecule has 1 aliphatic heterocycles. The Kier molecular flexibility index (Phi) is 3.07. The van der Waals surface area contributed by atoms with Gasteiger partial charge in [-0.15, -0.1) is 0 Å². The van der Waals surface area contributed by atoms with E-state index in [1.165, 1.54) is 17.7 Å². The van der Waals surface area contributed by atoms with Crippen LogP contribution in [0.5, 0.6) is 0 Å². The van der Waals surface area contributed by atoms with Crippen LogP contribution >= 0.6 is 0 Å². The molecule has 3 rings (SSSR count). The van der Waals surface area contributed by atoms with Crippen LogP contribution in [-0.4, -0.2) is 11.5 Å². The van der Waals surface area contributed by atoms with Gasteiger partial charge in [0.25, 0.3) is 0 Å². The van der Waals surface area contributed by atoms with Crippen molar-refractivity contribution in [3.05, 3.63) is 65.7 Å². The second-order valence-corrected chi connectivity index (χ2v) is 4.63. The summed E-state index contributed by atoms with van der Waals surface area (Å²) >= 11 is 0. The molecule has 0 saturated carbocycles. The number of halogens is 1. The smallest absolute Gasteiger partial charge is 0.123 e. The molecule has 2 atom stereocenters. The number of benzene rings is 1. The zero-order valence-electron chi connectivity index (χ0n) is 10.0. The highest BCUT2D eigenvalue weighted by Gasteiger charge is 2.30. The van der Waals surface area contributed by atoms with Gasteiger partial charge in [-0.1, -0.05) is 18.2 Å². The third-order valence-corrected chi connectivity index (χ3v) is 3.53. The largest absolute Gasteiger partial charge is 0.308 e. The fraction of sp³-hybridized carbons (Fsp3) is 0.267. The highest BCUT2D eigenvalue weighted by Crippen LogP contribution is 2.36. The Morgan fingerprint density at radius 1 is 1.11 bits per heavy atom. The summed E-state index contributed by atoms with van der Waals surface area (Å²) in [5.41, 5.74) is 2.24. The van der Waals surface area contributed by atoms with E-state index in [1.807, 2.05) is 36.5 Å². The normalized spacial score (nSPS) is 23.2. The Morgan fingerprint density at radius 3 is 2.67 bits per heavy atom. The molecule has 2 heterocycles. The van der Waals surface area contributed by atoms with Crippen LogP contribution in [0.4, 0.5) is 4.39 Å². The van der Waals surface area contributed by atoms with Gasteiger partial charge >= 0.3 is 0 Å². The zero-order valence-corrected chi connectivity index (χ0v) is 10.0. The number of nitrogens with one attached hydrogen (secondary N) is 1. The Labute approximate surface area is 106 Å². The van der Waals surface area contributed by atoms with Gasteiger partial charge in [-0.05, 0) is 42.8 Å². The van der Waals surface area contributed by atoms with Crippen molar-refractivity contribution in [2.45, 2.75) is 18.4 Å². The second-order valence-electron chi connectivity index (χ2n) is 4.63. The molecule has 0 spiro atoms. The molecule has 0 amide bonds. The minimum Gasteiger partial charge on any atom is -0.308 e. The van der Waals surface area contributed by atoms with Crippen molar-refractivity contribution in [3.63, 3.8) is 0 Å². The zero-order chi connectivity index (χ0) is 12.4. The maximum Gasteiger partial charge on any atom is 0.123 e. The minimum absolute atomic E-state index is 0.181. The van der Waals surface area contributed by atoms with Crippen LogP contribution < -0.4 is 5.32 Å². The Balaban J connectivity index is 1.90. The highest BCUT2D eigenvalue weighted by molar-refractivity contribution is 5.27. The van der Waals surface area contributed by atoms with Gasteiger partial charge in [0, 0.05) is 12.1 Å². The predicted octanol–water partition coefficient (Wildman–Crippen LogP) is 3.04. The first-order chi connectivity index (χ1) is 8.84. The molecular weight excluding hydrogens is 227 g/mol. The number of nitrogens with zero attached hydrogens (tertiary/aromatic N) is 1. The van der Waals surface area contributed by atoms with Gasteiger partial charge in [0.15, 0.2) is 0 Å². The van der Waals surface area contributed by atoms with E-state index in [4.69, 9.17) is 0 Å². The summed E-state index contributed by atoms with van der Waals surface area (Å²) in [5, 5.41) is 3.48. The maximum absolute atomic E-state index is 13.0. The standard InChI is InChI=1S/C15H15FN2/c16-12-6-4-11(5-7-12)13-8-10-18-15(13)14-3-1-2-9-17-14/h1-7,9,13,15,18H,8,10H2/t13-,15-/m1/s1. The molecule has 1 aromatic carbocycles. The van der Waals surface area contributed by atoms with E-state index in [0.29, 0.717) is 5.92 Å². The number of aromatic nitrogens is 1. The third kappa shape index (κ3) is 2.14. The molecule has 0 radical (unpaired) electrons. The third-order valence-electron chi connectivity index (χ3n) is 3.53. The molecule has 3 heteroatoms. The van der Waals surface area contributed by atoms with Crippen LogP contribution in [0.2, 0.25) is 0 Å². The van der Waals surface area contributed by atoms with Crippen LogP contribution in [0, 0.1) is 5.82 Å². The first-order valence-electron chi connectivity index (χ1n) is 6.24. The molecule has 2 nitrogen and oxygen atoms in total. The summed E-state index contributed by atoms with van der Waals surface area (Å²) in [6.07, 6.45) is 2.88. The van der Waals surface area contributed by atoms with Gasteiger partial charge in [-0.3, -0.25) is 4.98 Å². The van der Waals surface area contributed by atoms with Crippen molar-refractivity contribution >= 4 is 0 Å². The van der Waals surface area contributed by atoms with E-state index in [0.717, 1.165) is 18.7 Å². The van der Waals surface area contributed by atoms with Crippen LogP contribution in [0.25, 0.3) is 0 Å². The summed E-state index contributed by atoms with van der Waals surface area (Å²) < 4.78 is 13.0. The van der Waals surface area contributed by atoms with Crippen molar-refractivity contribution in [2.24, 2.45) is 0 Å². The molecule has 1 N–H and O–H groups in total. The molecule has 1 saturated heterocycles. The van der Waals surface area contributed by atoms with Gasteiger partial charge in [-0.25, -0.2) is 4.39 Å². The van der Waals surface area contributed by atoms with Crippen molar-refractivity contribution in [1.82, 2.24) is 10.3 Å². The van der Waals surface area contributed by atoms with Crippen LogP contribution in [-0.2, 0) is 0 Å². The summed E-state index contributed by atoms with van der Waals surface area (Å²) in [6, 6.07) is 13.0. The molecule has 92 valence electrons. The first kappa shape index (κ1) is 11.4. The fourth-order valence-electron chi connectivity index (χ4n) is 2.64. The van der Waals surface area contributed by atoms with Crippen molar-refractivity contribution in [1.29, 1.82) is 0 Å². The molecule has 1 aromatic heterocycles.